The summed E-state index contributed by atoms with van der Waals surface area (Å²) in [6.07, 6.45) is 0. The Morgan fingerprint density at radius 2 is 1.48 bits per heavy atom. The van der Waals surface area contributed by atoms with Crippen LogP contribution in [0.5, 0.6) is 5.75 Å². The molecule has 0 saturated heterocycles. The molecule has 1 nitrogen and oxygen atoms in total. The smallest absolute Gasteiger partial charge is 0.120 e. The van der Waals surface area contributed by atoms with Gasteiger partial charge in [-0.25, -0.2) is 0 Å². The van der Waals surface area contributed by atoms with Crippen molar-refractivity contribution in [3.8, 4) is 17.6 Å². The van der Waals surface area contributed by atoms with Gasteiger partial charge in [-0.15, -0.1) is 0 Å². The molecule has 0 amide bonds. The second-order valence-corrected chi connectivity index (χ2v) is 5.54. The fraction of sp³-hybridized carbons (Fsp3) is 0.0909. The summed E-state index contributed by atoms with van der Waals surface area (Å²) in [5.74, 6) is 6.68. The average Bonchev–Trinajstić information content (AvgIpc) is 2.60. The second-order valence-electron chi connectivity index (χ2n) is 5.54. The van der Waals surface area contributed by atoms with E-state index in [1.807, 2.05) is 79.7 Å². The Hall–Kier alpha value is -2.98. The zero-order chi connectivity index (χ0) is 16.1. The standard InChI is InChI=1S/C22H18O/c1-17-12-15-22(23)21(16-17)20(19-10-6-3-7-11-19)14-13-18-8-4-2-5-9-18/h2-12,15-16,20,23H,1H3. The van der Waals surface area contributed by atoms with Crippen molar-refractivity contribution in [2.45, 2.75) is 12.8 Å². The van der Waals surface area contributed by atoms with E-state index in [2.05, 4.69) is 11.8 Å². The first kappa shape index (κ1) is 14.9. The van der Waals surface area contributed by atoms with Crippen molar-refractivity contribution in [3.05, 3.63) is 101 Å². The maximum absolute atomic E-state index is 10.3. The largest absolute Gasteiger partial charge is 0.508 e. The van der Waals surface area contributed by atoms with Gasteiger partial charge in [-0.1, -0.05) is 78.1 Å². The van der Waals surface area contributed by atoms with E-state index >= 15 is 0 Å². The van der Waals surface area contributed by atoms with Gasteiger partial charge < -0.3 is 5.11 Å². The minimum atomic E-state index is -0.156. The summed E-state index contributed by atoms with van der Waals surface area (Å²) in [6.45, 7) is 2.02. The van der Waals surface area contributed by atoms with E-state index in [0.717, 1.165) is 22.3 Å². The van der Waals surface area contributed by atoms with Crippen LogP contribution in [-0.2, 0) is 0 Å². The lowest BCUT2D eigenvalue weighted by Crippen LogP contribution is -1.99. The van der Waals surface area contributed by atoms with Crippen LogP contribution in [0.25, 0.3) is 0 Å². The summed E-state index contributed by atoms with van der Waals surface area (Å²) in [6, 6.07) is 25.7. The minimum absolute atomic E-state index is 0.156. The first-order valence-corrected chi connectivity index (χ1v) is 7.65. The van der Waals surface area contributed by atoms with Crippen molar-refractivity contribution in [1.82, 2.24) is 0 Å². The van der Waals surface area contributed by atoms with Gasteiger partial charge in [0, 0.05) is 11.1 Å². The molecule has 0 saturated carbocycles. The maximum Gasteiger partial charge on any atom is 0.120 e. The lowest BCUT2D eigenvalue weighted by molar-refractivity contribution is 0.468. The molecule has 0 radical (unpaired) electrons. The first-order valence-electron chi connectivity index (χ1n) is 7.65. The van der Waals surface area contributed by atoms with Crippen molar-refractivity contribution >= 4 is 0 Å². The summed E-state index contributed by atoms with van der Waals surface area (Å²) in [5, 5.41) is 10.3. The summed E-state index contributed by atoms with van der Waals surface area (Å²) < 4.78 is 0. The number of rotatable bonds is 2. The number of benzene rings is 3. The zero-order valence-corrected chi connectivity index (χ0v) is 13.0. The molecule has 0 aliphatic carbocycles. The SMILES string of the molecule is Cc1ccc(O)c(C(C#Cc2ccccc2)c2ccccc2)c1. The zero-order valence-electron chi connectivity index (χ0n) is 13.0. The normalized spacial score (nSPS) is 11.3. The third kappa shape index (κ3) is 3.62. The summed E-state index contributed by atoms with van der Waals surface area (Å²) >= 11 is 0. The molecule has 112 valence electrons. The Balaban J connectivity index is 2.08. The van der Waals surface area contributed by atoms with Crippen LogP contribution in [0.3, 0.4) is 0 Å². The molecule has 1 unspecified atom stereocenters. The Kier molecular flexibility index (Phi) is 4.45. The van der Waals surface area contributed by atoms with Gasteiger partial charge in [-0.05, 0) is 30.7 Å². The van der Waals surface area contributed by atoms with Crippen LogP contribution in [0.1, 0.15) is 28.2 Å². The van der Waals surface area contributed by atoms with Crippen molar-refractivity contribution < 1.29 is 5.11 Å². The Morgan fingerprint density at radius 1 is 0.826 bits per heavy atom. The predicted octanol–water partition coefficient (Wildman–Crippen LogP) is 4.88. The van der Waals surface area contributed by atoms with Gasteiger partial charge in [-0.2, -0.15) is 0 Å². The topological polar surface area (TPSA) is 20.2 Å². The highest BCUT2D eigenvalue weighted by molar-refractivity contribution is 5.50. The molecule has 0 bridgehead atoms. The molecule has 0 heterocycles. The maximum atomic E-state index is 10.3. The molecular weight excluding hydrogens is 280 g/mol. The second kappa shape index (κ2) is 6.85. The number of phenolic OH excluding ortho intramolecular Hbond substituents is 1. The Labute approximate surface area is 137 Å². The van der Waals surface area contributed by atoms with Gasteiger partial charge in [0.25, 0.3) is 0 Å². The van der Waals surface area contributed by atoms with Crippen LogP contribution in [0.15, 0.2) is 78.9 Å². The molecule has 1 heteroatoms. The van der Waals surface area contributed by atoms with Gasteiger partial charge in [0.15, 0.2) is 0 Å². The average molecular weight is 298 g/mol. The molecule has 1 atom stereocenters. The monoisotopic (exact) mass is 298 g/mol. The highest BCUT2D eigenvalue weighted by atomic mass is 16.3. The van der Waals surface area contributed by atoms with Crippen LogP contribution >= 0.6 is 0 Å². The predicted molar refractivity (Wildman–Crippen MR) is 94.4 cm³/mol. The fourth-order valence-corrected chi connectivity index (χ4v) is 2.57. The third-order valence-electron chi connectivity index (χ3n) is 3.76. The van der Waals surface area contributed by atoms with E-state index in [9.17, 15) is 5.11 Å². The van der Waals surface area contributed by atoms with Crippen LogP contribution in [-0.4, -0.2) is 5.11 Å². The van der Waals surface area contributed by atoms with Crippen molar-refractivity contribution in [1.29, 1.82) is 0 Å². The Bertz CT molecular complexity index is 839. The van der Waals surface area contributed by atoms with E-state index in [4.69, 9.17) is 0 Å². The number of phenols is 1. The van der Waals surface area contributed by atoms with Crippen molar-refractivity contribution in [2.24, 2.45) is 0 Å². The highest BCUT2D eigenvalue weighted by Gasteiger charge is 2.15. The molecule has 23 heavy (non-hydrogen) atoms. The molecule has 0 aliphatic rings. The van der Waals surface area contributed by atoms with Crippen molar-refractivity contribution in [3.63, 3.8) is 0 Å². The van der Waals surface area contributed by atoms with Gasteiger partial charge in [0.05, 0.1) is 5.92 Å². The molecule has 0 aromatic heterocycles. The van der Waals surface area contributed by atoms with Gasteiger partial charge >= 0.3 is 0 Å². The van der Waals surface area contributed by atoms with E-state index in [-0.39, 0.29) is 11.7 Å². The van der Waals surface area contributed by atoms with Crippen molar-refractivity contribution in [2.75, 3.05) is 0 Å². The van der Waals surface area contributed by atoms with Gasteiger partial charge in [0.1, 0.15) is 5.75 Å². The number of hydrogen-bond acceptors (Lipinski definition) is 1. The molecule has 0 aliphatic heterocycles. The number of hydrogen-bond donors (Lipinski definition) is 1. The van der Waals surface area contributed by atoms with Crippen LogP contribution in [0.2, 0.25) is 0 Å². The van der Waals surface area contributed by atoms with E-state index in [0.29, 0.717) is 0 Å². The van der Waals surface area contributed by atoms with E-state index < -0.39 is 0 Å². The third-order valence-corrected chi connectivity index (χ3v) is 3.76. The first-order chi connectivity index (χ1) is 11.2. The number of aryl methyl sites for hydroxylation is 1. The highest BCUT2D eigenvalue weighted by Crippen LogP contribution is 2.31. The molecule has 3 rings (SSSR count). The molecule has 1 N–H and O–H groups in total. The lowest BCUT2D eigenvalue weighted by Gasteiger charge is -2.14. The van der Waals surface area contributed by atoms with Gasteiger partial charge in [-0.3, -0.25) is 0 Å². The molecule has 0 spiro atoms. The minimum Gasteiger partial charge on any atom is -0.508 e. The van der Waals surface area contributed by atoms with E-state index in [1.54, 1.807) is 6.07 Å². The molecule has 3 aromatic carbocycles. The van der Waals surface area contributed by atoms with E-state index in [1.165, 1.54) is 0 Å². The quantitative estimate of drug-likeness (QED) is 0.668. The Morgan fingerprint density at radius 3 is 2.17 bits per heavy atom. The fourth-order valence-electron chi connectivity index (χ4n) is 2.57. The molecule has 0 fully saturated rings. The van der Waals surface area contributed by atoms with Crippen LogP contribution < -0.4 is 0 Å². The summed E-state index contributed by atoms with van der Waals surface area (Å²) in [7, 11) is 0. The van der Waals surface area contributed by atoms with Gasteiger partial charge in [0.2, 0.25) is 0 Å². The molecular formula is C22H18O. The lowest BCUT2D eigenvalue weighted by atomic mass is 9.90. The summed E-state index contributed by atoms with van der Waals surface area (Å²) in [4.78, 5) is 0. The van der Waals surface area contributed by atoms with Crippen LogP contribution in [0.4, 0.5) is 0 Å². The molecule has 3 aromatic rings. The number of aromatic hydroxyl groups is 1. The van der Waals surface area contributed by atoms with Crippen LogP contribution in [0, 0.1) is 18.8 Å². The summed E-state index contributed by atoms with van der Waals surface area (Å²) in [5.41, 5.74) is 4.01.